The highest BCUT2D eigenvalue weighted by molar-refractivity contribution is 5.61. The molecule has 0 aliphatic heterocycles. The van der Waals surface area contributed by atoms with Gasteiger partial charge in [-0.1, -0.05) is 18.2 Å². The molecule has 0 saturated heterocycles. The molecule has 2 aromatic heterocycles. The van der Waals surface area contributed by atoms with Gasteiger partial charge < -0.3 is 5.32 Å². The van der Waals surface area contributed by atoms with E-state index < -0.39 is 0 Å². The van der Waals surface area contributed by atoms with E-state index in [9.17, 15) is 0 Å². The van der Waals surface area contributed by atoms with Gasteiger partial charge in [0.15, 0.2) is 0 Å². The van der Waals surface area contributed by atoms with E-state index in [1.165, 1.54) is 0 Å². The van der Waals surface area contributed by atoms with Crippen molar-refractivity contribution in [1.29, 1.82) is 0 Å². The molecule has 0 saturated carbocycles. The number of benzene rings is 1. The maximum Gasteiger partial charge on any atom is 0.0877 e. The second-order valence-electron chi connectivity index (χ2n) is 4.59. The largest absolute Gasteiger partial charge is 0.375 e. The van der Waals surface area contributed by atoms with Gasteiger partial charge in [0, 0.05) is 18.6 Å². The van der Waals surface area contributed by atoms with E-state index in [4.69, 9.17) is 0 Å². The molecule has 2 heterocycles. The molecule has 0 spiro atoms. The van der Waals surface area contributed by atoms with Gasteiger partial charge in [-0.15, -0.1) is 0 Å². The van der Waals surface area contributed by atoms with E-state index in [0.29, 0.717) is 0 Å². The van der Waals surface area contributed by atoms with Gasteiger partial charge >= 0.3 is 0 Å². The van der Waals surface area contributed by atoms with E-state index in [1.807, 2.05) is 59.5 Å². The topological polar surface area (TPSA) is 42.7 Å². The molecule has 0 bridgehead atoms. The summed E-state index contributed by atoms with van der Waals surface area (Å²) < 4.78 is 1.85. The van der Waals surface area contributed by atoms with Crippen LogP contribution in [0.4, 0.5) is 5.69 Å². The molecule has 0 aliphatic rings. The summed E-state index contributed by atoms with van der Waals surface area (Å²) in [6, 6.07) is 16.1. The van der Waals surface area contributed by atoms with Crippen LogP contribution in [0.15, 0.2) is 67.1 Å². The second kappa shape index (κ2) is 5.57. The van der Waals surface area contributed by atoms with Gasteiger partial charge in [-0.2, -0.15) is 5.10 Å². The Hall–Kier alpha value is -2.62. The first-order valence-electron chi connectivity index (χ1n) is 6.61. The summed E-state index contributed by atoms with van der Waals surface area (Å²) in [6.07, 6.45) is 5.53. The average molecular weight is 264 g/mol. The van der Waals surface area contributed by atoms with Crippen molar-refractivity contribution in [2.75, 3.05) is 5.32 Å². The number of hydrogen-bond acceptors (Lipinski definition) is 3. The quantitative estimate of drug-likeness (QED) is 0.785. The Morgan fingerprint density at radius 2 is 1.85 bits per heavy atom. The molecule has 100 valence electrons. The zero-order valence-electron chi connectivity index (χ0n) is 11.3. The Balaban J connectivity index is 1.88. The minimum Gasteiger partial charge on any atom is -0.375 e. The first-order valence-corrected chi connectivity index (χ1v) is 6.61. The third kappa shape index (κ3) is 2.54. The molecule has 0 aliphatic carbocycles. The van der Waals surface area contributed by atoms with Gasteiger partial charge in [-0.3, -0.25) is 4.98 Å². The van der Waals surface area contributed by atoms with Gasteiger partial charge in [-0.25, -0.2) is 4.68 Å². The van der Waals surface area contributed by atoms with Crippen LogP contribution in [0.2, 0.25) is 0 Å². The van der Waals surface area contributed by atoms with Crippen LogP contribution < -0.4 is 5.32 Å². The van der Waals surface area contributed by atoms with Crippen LogP contribution in [0.25, 0.3) is 5.69 Å². The second-order valence-corrected chi connectivity index (χ2v) is 4.59. The zero-order chi connectivity index (χ0) is 13.8. The lowest BCUT2D eigenvalue weighted by Gasteiger charge is -2.17. The Bertz CT molecular complexity index is 662. The molecule has 1 unspecified atom stereocenters. The number of pyridine rings is 1. The van der Waals surface area contributed by atoms with E-state index in [-0.39, 0.29) is 6.04 Å². The van der Waals surface area contributed by atoms with Crippen molar-refractivity contribution < 1.29 is 0 Å². The van der Waals surface area contributed by atoms with Crippen LogP contribution in [-0.2, 0) is 0 Å². The first kappa shape index (κ1) is 12.4. The van der Waals surface area contributed by atoms with E-state index >= 15 is 0 Å². The summed E-state index contributed by atoms with van der Waals surface area (Å²) in [7, 11) is 0. The molecule has 4 heteroatoms. The minimum atomic E-state index is 0.132. The smallest absolute Gasteiger partial charge is 0.0877 e. The number of nitrogens with one attached hydrogen (secondary N) is 1. The summed E-state index contributed by atoms with van der Waals surface area (Å²) in [5.74, 6) is 0. The molecular weight excluding hydrogens is 248 g/mol. The first-order chi connectivity index (χ1) is 9.84. The van der Waals surface area contributed by atoms with E-state index in [1.54, 1.807) is 6.20 Å². The number of para-hydroxylation sites is 2. The summed E-state index contributed by atoms with van der Waals surface area (Å²) in [5.41, 5.74) is 3.08. The predicted octanol–water partition coefficient (Wildman–Crippen LogP) is 3.44. The molecule has 0 fully saturated rings. The molecule has 20 heavy (non-hydrogen) atoms. The predicted molar refractivity (Wildman–Crippen MR) is 79.8 cm³/mol. The van der Waals surface area contributed by atoms with Crippen molar-refractivity contribution in [1.82, 2.24) is 14.8 Å². The van der Waals surface area contributed by atoms with E-state index in [2.05, 4.69) is 28.4 Å². The monoisotopic (exact) mass is 264 g/mol. The molecule has 0 amide bonds. The van der Waals surface area contributed by atoms with Crippen LogP contribution in [0.5, 0.6) is 0 Å². The van der Waals surface area contributed by atoms with Crippen molar-refractivity contribution in [2.24, 2.45) is 0 Å². The van der Waals surface area contributed by atoms with Crippen molar-refractivity contribution in [3.63, 3.8) is 0 Å². The Morgan fingerprint density at radius 1 is 1.00 bits per heavy atom. The van der Waals surface area contributed by atoms with Crippen molar-refractivity contribution in [3.8, 4) is 5.69 Å². The summed E-state index contributed by atoms with van der Waals surface area (Å²) in [4.78, 5) is 4.38. The lowest BCUT2D eigenvalue weighted by Crippen LogP contribution is -2.10. The van der Waals surface area contributed by atoms with Gasteiger partial charge in [0.25, 0.3) is 0 Å². The van der Waals surface area contributed by atoms with Gasteiger partial charge in [0.1, 0.15) is 0 Å². The van der Waals surface area contributed by atoms with Crippen molar-refractivity contribution >= 4 is 5.69 Å². The fourth-order valence-electron chi connectivity index (χ4n) is 2.15. The fourth-order valence-corrected chi connectivity index (χ4v) is 2.15. The number of rotatable bonds is 4. The lowest BCUT2D eigenvalue weighted by molar-refractivity contribution is 0.826. The third-order valence-electron chi connectivity index (χ3n) is 3.16. The molecule has 1 aromatic carbocycles. The van der Waals surface area contributed by atoms with Crippen LogP contribution in [0.3, 0.4) is 0 Å². The maximum absolute atomic E-state index is 4.38. The van der Waals surface area contributed by atoms with Gasteiger partial charge in [-0.05, 0) is 37.3 Å². The molecule has 0 radical (unpaired) electrons. The Morgan fingerprint density at radius 3 is 2.60 bits per heavy atom. The molecular formula is C16H16N4. The molecule has 3 rings (SSSR count). The highest BCUT2D eigenvalue weighted by Gasteiger charge is 2.09. The summed E-state index contributed by atoms with van der Waals surface area (Å²) in [6.45, 7) is 2.10. The number of hydrogen-bond donors (Lipinski definition) is 1. The number of nitrogens with zero attached hydrogens (tertiary/aromatic N) is 3. The highest BCUT2D eigenvalue weighted by atomic mass is 15.3. The third-order valence-corrected chi connectivity index (χ3v) is 3.16. The lowest BCUT2D eigenvalue weighted by atomic mass is 10.2. The minimum absolute atomic E-state index is 0.132. The van der Waals surface area contributed by atoms with E-state index in [0.717, 1.165) is 17.1 Å². The fraction of sp³-hybridized carbons (Fsp3) is 0.125. The number of aromatic nitrogens is 3. The van der Waals surface area contributed by atoms with Crippen LogP contribution in [-0.4, -0.2) is 14.8 Å². The van der Waals surface area contributed by atoms with Crippen molar-refractivity contribution in [2.45, 2.75) is 13.0 Å². The van der Waals surface area contributed by atoms with Crippen LogP contribution in [0.1, 0.15) is 18.7 Å². The Labute approximate surface area is 118 Å². The normalized spacial score (nSPS) is 12.1. The zero-order valence-corrected chi connectivity index (χ0v) is 11.3. The standard InChI is InChI=1S/C16H16N4/c1-13(14-7-4-5-10-17-14)19-15-8-2-3-9-16(15)20-12-6-11-18-20/h2-13,19H,1H3. The van der Waals surface area contributed by atoms with Crippen LogP contribution >= 0.6 is 0 Å². The maximum atomic E-state index is 4.38. The van der Waals surface area contributed by atoms with Crippen LogP contribution in [0, 0.1) is 0 Å². The summed E-state index contributed by atoms with van der Waals surface area (Å²) >= 11 is 0. The van der Waals surface area contributed by atoms with Gasteiger partial charge in [0.05, 0.1) is 23.1 Å². The highest BCUT2D eigenvalue weighted by Crippen LogP contribution is 2.23. The molecule has 1 N–H and O–H groups in total. The summed E-state index contributed by atoms with van der Waals surface area (Å²) in [5, 5.41) is 7.78. The average Bonchev–Trinajstić information content (AvgIpc) is 3.03. The van der Waals surface area contributed by atoms with Gasteiger partial charge in [0.2, 0.25) is 0 Å². The number of anilines is 1. The molecule has 3 aromatic rings. The molecule has 1 atom stereocenters. The van der Waals surface area contributed by atoms with Crippen molar-refractivity contribution in [3.05, 3.63) is 72.8 Å². The SMILES string of the molecule is CC(Nc1ccccc1-n1cccn1)c1ccccn1. The molecule has 4 nitrogen and oxygen atoms in total. The Kier molecular flexibility index (Phi) is 3.46.